The minimum Gasteiger partial charge on any atom is -0.508 e. The largest absolute Gasteiger partial charge is 0.508 e. The van der Waals surface area contributed by atoms with Gasteiger partial charge < -0.3 is 10.8 Å². The molecule has 3 N–H and O–H groups in total. The number of nitrogens with two attached hydrogens (primary N) is 1. The standard InChI is InChI=1S/C28H21FN6O2/c1-16(35-27-24(26(30)31-15-32-27)25(33-35)18-8-5-9-21(36)12-18)22-13-20-11-10-19(29)14-34(20)28(37)23(22)17-6-3-2-4-7-17/h2-16,36H,1H3,(H2,30,31,32). The van der Waals surface area contributed by atoms with Gasteiger partial charge in [-0.15, -0.1) is 0 Å². The molecule has 4 heterocycles. The number of aromatic hydroxyl groups is 1. The van der Waals surface area contributed by atoms with Gasteiger partial charge in [-0.2, -0.15) is 5.10 Å². The van der Waals surface area contributed by atoms with Crippen LogP contribution in [0, 0.1) is 5.82 Å². The van der Waals surface area contributed by atoms with Gasteiger partial charge in [0.1, 0.15) is 29.4 Å². The third kappa shape index (κ3) is 3.68. The molecule has 0 aliphatic carbocycles. The van der Waals surface area contributed by atoms with E-state index in [1.165, 1.54) is 23.0 Å². The highest BCUT2D eigenvalue weighted by Gasteiger charge is 2.25. The van der Waals surface area contributed by atoms with Crippen molar-refractivity contribution in [2.45, 2.75) is 13.0 Å². The van der Waals surface area contributed by atoms with Gasteiger partial charge >= 0.3 is 0 Å². The number of phenols is 1. The topological polar surface area (TPSA) is 111 Å². The van der Waals surface area contributed by atoms with Crippen LogP contribution in [0.1, 0.15) is 18.5 Å². The minimum atomic E-state index is -0.504. The summed E-state index contributed by atoms with van der Waals surface area (Å²) in [6.45, 7) is 1.91. The number of pyridine rings is 2. The molecule has 37 heavy (non-hydrogen) atoms. The lowest BCUT2D eigenvalue weighted by Gasteiger charge is -2.19. The van der Waals surface area contributed by atoms with Crippen LogP contribution in [-0.4, -0.2) is 29.3 Å². The van der Waals surface area contributed by atoms with Gasteiger partial charge in [0.15, 0.2) is 5.65 Å². The Balaban J connectivity index is 1.65. The van der Waals surface area contributed by atoms with Crippen molar-refractivity contribution in [2.24, 2.45) is 0 Å². The van der Waals surface area contributed by atoms with Crippen LogP contribution in [0.2, 0.25) is 0 Å². The fraction of sp³-hybridized carbons (Fsp3) is 0.0714. The Morgan fingerprint density at radius 3 is 2.54 bits per heavy atom. The minimum absolute atomic E-state index is 0.0878. The summed E-state index contributed by atoms with van der Waals surface area (Å²) in [6, 6.07) is 20.2. The Labute approximate surface area is 210 Å². The van der Waals surface area contributed by atoms with Crippen LogP contribution >= 0.6 is 0 Å². The van der Waals surface area contributed by atoms with Crippen LogP contribution in [0.3, 0.4) is 0 Å². The Kier molecular flexibility index (Phi) is 5.19. The maximum atomic E-state index is 14.1. The van der Waals surface area contributed by atoms with Gasteiger partial charge in [0.25, 0.3) is 5.56 Å². The summed E-state index contributed by atoms with van der Waals surface area (Å²) < 4.78 is 17.1. The molecule has 1 unspecified atom stereocenters. The number of benzene rings is 2. The van der Waals surface area contributed by atoms with Crippen molar-refractivity contribution >= 4 is 22.4 Å². The fourth-order valence-corrected chi connectivity index (χ4v) is 4.73. The zero-order chi connectivity index (χ0) is 25.7. The third-order valence-electron chi connectivity index (χ3n) is 6.49. The molecule has 0 spiro atoms. The van der Waals surface area contributed by atoms with E-state index >= 15 is 0 Å². The molecule has 6 rings (SSSR count). The summed E-state index contributed by atoms with van der Waals surface area (Å²) in [6.07, 6.45) is 2.56. The van der Waals surface area contributed by atoms with E-state index in [1.807, 2.05) is 49.4 Å². The van der Waals surface area contributed by atoms with E-state index in [0.717, 1.165) is 0 Å². The second-order valence-corrected chi connectivity index (χ2v) is 8.77. The monoisotopic (exact) mass is 492 g/mol. The molecule has 182 valence electrons. The number of nitrogens with zero attached hydrogens (tertiary/aromatic N) is 5. The van der Waals surface area contributed by atoms with Crippen LogP contribution in [0.4, 0.5) is 10.2 Å². The van der Waals surface area contributed by atoms with Crippen LogP contribution in [0.5, 0.6) is 5.75 Å². The molecule has 4 aromatic heterocycles. The number of hydrogen-bond donors (Lipinski definition) is 2. The predicted octanol–water partition coefficient (Wildman–Crippen LogP) is 4.81. The Hall–Kier alpha value is -5.05. The molecule has 1 atom stereocenters. The second kappa shape index (κ2) is 8.56. The number of phenolic OH excluding ortho intramolecular Hbond substituents is 1. The highest BCUT2D eigenvalue weighted by atomic mass is 19.1. The number of halogens is 1. The molecular weight excluding hydrogens is 471 g/mol. The SMILES string of the molecule is CC(c1cc2ccc(F)cn2c(=O)c1-c1ccccc1)n1nc(-c2cccc(O)c2)c2c(N)ncnc21. The Morgan fingerprint density at radius 2 is 1.76 bits per heavy atom. The van der Waals surface area contributed by atoms with E-state index in [0.29, 0.717) is 44.5 Å². The number of aromatic nitrogens is 5. The highest BCUT2D eigenvalue weighted by Crippen LogP contribution is 2.36. The quantitative estimate of drug-likeness (QED) is 0.365. The Morgan fingerprint density at radius 1 is 0.973 bits per heavy atom. The molecule has 0 fully saturated rings. The molecule has 9 heteroatoms. The second-order valence-electron chi connectivity index (χ2n) is 8.77. The molecule has 6 aromatic rings. The van der Waals surface area contributed by atoms with Crippen molar-refractivity contribution in [3.63, 3.8) is 0 Å². The normalized spacial score (nSPS) is 12.3. The first kappa shape index (κ1) is 22.4. The first-order chi connectivity index (χ1) is 17.9. The van der Waals surface area contributed by atoms with Crippen LogP contribution < -0.4 is 11.3 Å². The number of rotatable bonds is 4. The summed E-state index contributed by atoms with van der Waals surface area (Å²) in [7, 11) is 0. The summed E-state index contributed by atoms with van der Waals surface area (Å²) in [5, 5.41) is 15.5. The molecule has 0 aliphatic rings. The first-order valence-corrected chi connectivity index (χ1v) is 11.6. The fourth-order valence-electron chi connectivity index (χ4n) is 4.73. The lowest BCUT2D eigenvalue weighted by molar-refractivity contribution is 0.475. The van der Waals surface area contributed by atoms with Crippen molar-refractivity contribution in [2.75, 3.05) is 5.73 Å². The van der Waals surface area contributed by atoms with E-state index in [9.17, 15) is 14.3 Å². The van der Waals surface area contributed by atoms with Crippen LogP contribution in [0.15, 0.2) is 90.1 Å². The van der Waals surface area contributed by atoms with Crippen molar-refractivity contribution in [3.05, 3.63) is 107 Å². The molecule has 0 radical (unpaired) electrons. The average molecular weight is 493 g/mol. The van der Waals surface area contributed by atoms with E-state index < -0.39 is 11.9 Å². The lowest BCUT2D eigenvalue weighted by atomic mass is 9.96. The van der Waals surface area contributed by atoms with Gasteiger partial charge in [0.2, 0.25) is 0 Å². The van der Waals surface area contributed by atoms with Crippen molar-refractivity contribution in [1.82, 2.24) is 24.1 Å². The summed E-state index contributed by atoms with van der Waals surface area (Å²) in [4.78, 5) is 22.3. The predicted molar refractivity (Wildman–Crippen MR) is 140 cm³/mol. The summed E-state index contributed by atoms with van der Waals surface area (Å²) >= 11 is 0. The first-order valence-electron chi connectivity index (χ1n) is 11.6. The smallest absolute Gasteiger partial charge is 0.263 e. The number of nitrogen functional groups attached to an aromatic ring is 1. The number of hydrogen-bond acceptors (Lipinski definition) is 6. The van der Waals surface area contributed by atoms with E-state index in [1.54, 1.807) is 28.9 Å². The van der Waals surface area contributed by atoms with Gasteiger partial charge in [0.05, 0.1) is 17.0 Å². The zero-order valence-corrected chi connectivity index (χ0v) is 19.7. The molecule has 0 saturated heterocycles. The van der Waals surface area contributed by atoms with E-state index in [4.69, 9.17) is 10.8 Å². The molecular formula is C28H21FN6O2. The van der Waals surface area contributed by atoms with Crippen molar-refractivity contribution in [3.8, 4) is 28.1 Å². The Bertz CT molecular complexity index is 1860. The number of fused-ring (bicyclic) bond motifs is 2. The van der Waals surface area contributed by atoms with Gasteiger partial charge in [-0.1, -0.05) is 42.5 Å². The maximum Gasteiger partial charge on any atom is 0.263 e. The van der Waals surface area contributed by atoms with Crippen LogP contribution in [-0.2, 0) is 0 Å². The lowest BCUT2D eigenvalue weighted by Crippen LogP contribution is -2.21. The maximum absolute atomic E-state index is 14.1. The van der Waals surface area contributed by atoms with Gasteiger partial charge in [-0.25, -0.2) is 19.0 Å². The molecule has 2 aromatic carbocycles. The van der Waals surface area contributed by atoms with Crippen LogP contribution in [0.25, 0.3) is 38.9 Å². The third-order valence-corrected chi connectivity index (χ3v) is 6.49. The molecule has 8 nitrogen and oxygen atoms in total. The average Bonchev–Trinajstić information content (AvgIpc) is 3.30. The van der Waals surface area contributed by atoms with Gasteiger partial charge in [-0.3, -0.25) is 9.20 Å². The van der Waals surface area contributed by atoms with E-state index in [2.05, 4.69) is 9.97 Å². The number of anilines is 1. The van der Waals surface area contributed by atoms with Crippen molar-refractivity contribution in [1.29, 1.82) is 0 Å². The summed E-state index contributed by atoms with van der Waals surface area (Å²) in [5.74, 6) is -0.167. The molecule has 0 aliphatic heterocycles. The molecule has 0 amide bonds. The summed E-state index contributed by atoms with van der Waals surface area (Å²) in [5.41, 5.74) is 9.93. The molecule has 0 saturated carbocycles. The van der Waals surface area contributed by atoms with Crippen molar-refractivity contribution < 1.29 is 9.50 Å². The van der Waals surface area contributed by atoms with Gasteiger partial charge in [-0.05, 0) is 48.4 Å². The zero-order valence-electron chi connectivity index (χ0n) is 19.7. The van der Waals surface area contributed by atoms with Gasteiger partial charge in [0, 0.05) is 17.3 Å². The van der Waals surface area contributed by atoms with E-state index in [-0.39, 0.29) is 17.1 Å². The highest BCUT2D eigenvalue weighted by molar-refractivity contribution is 5.98. The molecule has 0 bridgehead atoms.